The van der Waals surface area contributed by atoms with Crippen LogP contribution in [0.3, 0.4) is 0 Å². The molecular formula is C19H18N2O3S2. The number of nitrogens with zero attached hydrogens (tertiary/aromatic N) is 1. The van der Waals surface area contributed by atoms with E-state index in [4.69, 9.17) is 9.72 Å². The van der Waals surface area contributed by atoms with Gasteiger partial charge in [0.15, 0.2) is 0 Å². The number of anilines is 1. The summed E-state index contributed by atoms with van der Waals surface area (Å²) in [5.74, 6) is -0.250. The Kier molecular flexibility index (Phi) is 4.50. The average molecular weight is 386 g/mol. The van der Waals surface area contributed by atoms with E-state index in [9.17, 15) is 9.59 Å². The van der Waals surface area contributed by atoms with Crippen molar-refractivity contribution in [2.24, 2.45) is 5.92 Å². The third-order valence-electron chi connectivity index (χ3n) is 4.30. The Balaban J connectivity index is 1.81. The third kappa shape index (κ3) is 3.12. The van der Waals surface area contributed by atoms with Gasteiger partial charge < -0.3 is 10.1 Å². The van der Waals surface area contributed by atoms with Gasteiger partial charge in [-0.2, -0.15) is 0 Å². The van der Waals surface area contributed by atoms with E-state index in [1.54, 1.807) is 18.3 Å². The van der Waals surface area contributed by atoms with E-state index in [1.807, 2.05) is 31.2 Å². The van der Waals surface area contributed by atoms with Crippen molar-refractivity contribution in [2.75, 3.05) is 11.9 Å². The molecule has 134 valence electrons. The Bertz CT molecular complexity index is 969. The summed E-state index contributed by atoms with van der Waals surface area (Å²) in [5, 5.41) is 4.50. The molecule has 0 radical (unpaired) electrons. The molecule has 0 unspecified atom stereocenters. The van der Waals surface area contributed by atoms with Crippen LogP contribution in [0, 0.1) is 12.8 Å². The second-order valence-corrected chi connectivity index (χ2v) is 8.28. The Morgan fingerprint density at radius 1 is 1.27 bits per heavy atom. The number of thiophene rings is 1. The van der Waals surface area contributed by atoms with Gasteiger partial charge in [0.1, 0.15) is 14.9 Å². The Morgan fingerprint density at radius 3 is 2.73 bits per heavy atom. The van der Waals surface area contributed by atoms with Gasteiger partial charge in [-0.15, -0.1) is 22.7 Å². The zero-order chi connectivity index (χ0) is 18.3. The second kappa shape index (κ2) is 6.81. The number of nitrogens with one attached hydrogen (secondary N) is 1. The fraction of sp³-hybridized carbons (Fsp3) is 0.316. The Hall–Kier alpha value is -2.25. The highest BCUT2D eigenvalue weighted by Crippen LogP contribution is 2.44. The molecule has 0 atom stereocenters. The van der Waals surface area contributed by atoms with Crippen LogP contribution in [0.1, 0.15) is 35.0 Å². The van der Waals surface area contributed by atoms with Crippen molar-refractivity contribution in [1.29, 1.82) is 0 Å². The molecule has 4 rings (SSSR count). The lowest BCUT2D eigenvalue weighted by Crippen LogP contribution is -2.12. The van der Waals surface area contributed by atoms with Gasteiger partial charge in [-0.1, -0.05) is 12.1 Å². The summed E-state index contributed by atoms with van der Waals surface area (Å²) in [5.41, 5.74) is 2.54. The van der Waals surface area contributed by atoms with Crippen LogP contribution >= 0.6 is 22.7 Å². The number of esters is 1. The maximum absolute atomic E-state index is 12.3. The van der Waals surface area contributed by atoms with Crippen molar-refractivity contribution in [3.63, 3.8) is 0 Å². The smallest absolute Gasteiger partial charge is 0.348 e. The van der Waals surface area contributed by atoms with Gasteiger partial charge in [0, 0.05) is 11.5 Å². The highest BCUT2D eigenvalue weighted by molar-refractivity contribution is 7.23. The quantitative estimate of drug-likeness (QED) is 0.636. The van der Waals surface area contributed by atoms with Gasteiger partial charge in [-0.3, -0.25) is 4.79 Å². The summed E-state index contributed by atoms with van der Waals surface area (Å²) in [6.45, 7) is 3.98. The molecule has 1 N–H and O–H groups in total. The van der Waals surface area contributed by atoms with Crippen molar-refractivity contribution in [3.8, 4) is 10.6 Å². The molecule has 2 heterocycles. The van der Waals surface area contributed by atoms with Crippen molar-refractivity contribution >= 4 is 49.8 Å². The zero-order valence-corrected chi connectivity index (χ0v) is 16.1. The highest BCUT2D eigenvalue weighted by Gasteiger charge is 2.32. The summed E-state index contributed by atoms with van der Waals surface area (Å²) in [6, 6.07) is 7.91. The SMILES string of the molecule is CCOC(=O)c1sc(NC(=O)C2CC2)c(-c2nc3ccccc3s2)c1C. The molecule has 26 heavy (non-hydrogen) atoms. The molecule has 0 saturated heterocycles. The van der Waals surface area contributed by atoms with Gasteiger partial charge in [-0.05, 0) is 44.4 Å². The number of carbonyl (C=O) groups is 2. The first-order valence-electron chi connectivity index (χ1n) is 8.55. The average Bonchev–Trinajstić information content (AvgIpc) is 3.31. The molecule has 2 aromatic heterocycles. The van der Waals surface area contributed by atoms with Crippen LogP contribution in [0.15, 0.2) is 24.3 Å². The molecule has 5 nitrogen and oxygen atoms in total. The largest absolute Gasteiger partial charge is 0.462 e. The highest BCUT2D eigenvalue weighted by atomic mass is 32.1. The van der Waals surface area contributed by atoms with Crippen LogP contribution in [0.4, 0.5) is 5.00 Å². The summed E-state index contributed by atoms with van der Waals surface area (Å²) in [7, 11) is 0. The van der Waals surface area contributed by atoms with E-state index < -0.39 is 0 Å². The van der Waals surface area contributed by atoms with Crippen LogP contribution in [0.2, 0.25) is 0 Å². The molecule has 1 aliphatic rings. The number of rotatable bonds is 5. The molecule has 3 aromatic rings. The molecule has 1 aromatic carbocycles. The monoisotopic (exact) mass is 386 g/mol. The number of aromatic nitrogens is 1. The minimum absolute atomic E-state index is 0.0176. The van der Waals surface area contributed by atoms with Crippen LogP contribution in [-0.2, 0) is 9.53 Å². The summed E-state index contributed by atoms with van der Waals surface area (Å²) >= 11 is 2.83. The summed E-state index contributed by atoms with van der Waals surface area (Å²) in [4.78, 5) is 29.9. The maximum Gasteiger partial charge on any atom is 0.348 e. The number of ether oxygens (including phenoxy) is 1. The van der Waals surface area contributed by atoms with Gasteiger partial charge in [0.2, 0.25) is 5.91 Å². The number of para-hydroxylation sites is 1. The molecule has 1 saturated carbocycles. The number of thiazole rings is 1. The molecule has 1 fully saturated rings. The number of hydrogen-bond donors (Lipinski definition) is 1. The molecular weight excluding hydrogens is 368 g/mol. The Morgan fingerprint density at radius 2 is 2.04 bits per heavy atom. The number of hydrogen-bond acceptors (Lipinski definition) is 6. The van der Waals surface area contributed by atoms with Crippen molar-refractivity contribution in [1.82, 2.24) is 4.98 Å². The Labute approximate surface area is 159 Å². The van der Waals surface area contributed by atoms with E-state index in [2.05, 4.69) is 5.32 Å². The number of fused-ring (bicyclic) bond motifs is 1. The van der Waals surface area contributed by atoms with Gasteiger partial charge in [-0.25, -0.2) is 9.78 Å². The maximum atomic E-state index is 12.3. The predicted molar refractivity (Wildman–Crippen MR) is 105 cm³/mol. The van der Waals surface area contributed by atoms with Crippen LogP contribution in [-0.4, -0.2) is 23.5 Å². The first-order valence-corrected chi connectivity index (χ1v) is 10.2. The lowest BCUT2D eigenvalue weighted by Gasteiger charge is -2.04. The molecule has 0 bridgehead atoms. The molecule has 0 spiro atoms. The normalized spacial score (nSPS) is 13.8. The fourth-order valence-corrected chi connectivity index (χ4v) is 5.03. The van der Waals surface area contributed by atoms with E-state index >= 15 is 0 Å². The lowest BCUT2D eigenvalue weighted by molar-refractivity contribution is -0.117. The van der Waals surface area contributed by atoms with E-state index in [0.717, 1.165) is 39.2 Å². The van der Waals surface area contributed by atoms with E-state index in [0.29, 0.717) is 16.5 Å². The van der Waals surface area contributed by atoms with Crippen molar-refractivity contribution in [2.45, 2.75) is 26.7 Å². The lowest BCUT2D eigenvalue weighted by atomic mass is 10.1. The molecule has 7 heteroatoms. The predicted octanol–water partition coefficient (Wildman–Crippen LogP) is 4.86. The number of carbonyl (C=O) groups excluding carboxylic acids is 2. The summed E-state index contributed by atoms with van der Waals surface area (Å²) in [6.07, 6.45) is 1.86. The fourth-order valence-electron chi connectivity index (χ4n) is 2.79. The minimum Gasteiger partial charge on any atom is -0.462 e. The number of amides is 1. The van der Waals surface area contributed by atoms with Crippen molar-refractivity contribution < 1.29 is 14.3 Å². The van der Waals surface area contributed by atoms with Crippen LogP contribution < -0.4 is 5.32 Å². The third-order valence-corrected chi connectivity index (χ3v) is 6.54. The minimum atomic E-state index is -0.357. The first-order chi connectivity index (χ1) is 12.6. The summed E-state index contributed by atoms with van der Waals surface area (Å²) < 4.78 is 6.25. The van der Waals surface area contributed by atoms with Gasteiger partial charge in [0.25, 0.3) is 0 Å². The van der Waals surface area contributed by atoms with Crippen LogP contribution in [0.25, 0.3) is 20.8 Å². The number of benzene rings is 1. The molecule has 1 aliphatic carbocycles. The first kappa shape index (κ1) is 17.2. The molecule has 1 amide bonds. The van der Waals surface area contributed by atoms with E-state index in [-0.39, 0.29) is 17.8 Å². The second-order valence-electron chi connectivity index (χ2n) is 6.23. The standard InChI is InChI=1S/C19H18N2O3S2/c1-3-24-19(23)15-10(2)14(18(26-15)21-16(22)11-8-9-11)17-20-12-6-4-5-7-13(12)25-17/h4-7,11H,3,8-9H2,1-2H3,(H,21,22). The van der Waals surface area contributed by atoms with Gasteiger partial charge >= 0.3 is 5.97 Å². The zero-order valence-electron chi connectivity index (χ0n) is 14.5. The topological polar surface area (TPSA) is 68.3 Å². The van der Waals surface area contributed by atoms with E-state index in [1.165, 1.54) is 11.3 Å². The van der Waals surface area contributed by atoms with Crippen molar-refractivity contribution in [3.05, 3.63) is 34.7 Å². The van der Waals surface area contributed by atoms with Gasteiger partial charge in [0.05, 0.1) is 16.8 Å². The van der Waals surface area contributed by atoms with Crippen LogP contribution in [0.5, 0.6) is 0 Å². The molecule has 0 aliphatic heterocycles.